The summed E-state index contributed by atoms with van der Waals surface area (Å²) < 4.78 is 5.33. The molecule has 39 heavy (non-hydrogen) atoms. The lowest BCUT2D eigenvalue weighted by atomic mass is 9.85. The molecule has 1 fully saturated rings. The van der Waals surface area contributed by atoms with Gasteiger partial charge in [-0.15, -0.1) is 12.4 Å². The molecule has 0 aliphatic carbocycles. The molecule has 3 atom stereocenters. The van der Waals surface area contributed by atoms with Crippen molar-refractivity contribution < 1.29 is 14.3 Å². The third-order valence-electron chi connectivity index (χ3n) is 7.19. The number of carbonyl (C=O) groups excluding carboxylic acids is 2. The maximum Gasteiger partial charge on any atom is 0.254 e. The molecule has 2 unspecified atom stereocenters. The van der Waals surface area contributed by atoms with Crippen molar-refractivity contribution in [1.29, 1.82) is 0 Å². The molecule has 3 aromatic rings. The number of nitrogens with one attached hydrogen (secondary N) is 1. The smallest absolute Gasteiger partial charge is 0.254 e. The van der Waals surface area contributed by atoms with E-state index in [-0.39, 0.29) is 36.2 Å². The molecule has 2 amide bonds. The van der Waals surface area contributed by atoms with Crippen molar-refractivity contribution in [2.75, 3.05) is 32.0 Å². The zero-order valence-electron chi connectivity index (χ0n) is 22.4. The summed E-state index contributed by atoms with van der Waals surface area (Å²) in [6, 6.07) is 24.9. The number of nitrogen functional groups attached to an aromatic ring is 1. The summed E-state index contributed by atoms with van der Waals surface area (Å²) in [5.74, 6) is -0.0500. The standard InChI is InChI=1S/C31H38N4O3.ClH/c1-2-27(21-28(23-6-4-3-5-7-23)24-12-14-26(32)15-13-24)34-30(36)29(33)20-22-8-10-25(11-9-22)31(37)35-16-18-38-19-17-35;/h3-15,27-29H,2,16-21,32-33H2,1H3,(H,34,36);1H/t27?,28?,29-;/m0./s1. The summed E-state index contributed by atoms with van der Waals surface area (Å²) in [7, 11) is 0. The molecule has 4 rings (SSSR count). The van der Waals surface area contributed by atoms with Gasteiger partial charge in [0.1, 0.15) is 0 Å². The lowest BCUT2D eigenvalue weighted by Crippen LogP contribution is -2.46. The van der Waals surface area contributed by atoms with E-state index in [1.807, 2.05) is 54.6 Å². The Morgan fingerprint density at radius 1 is 0.923 bits per heavy atom. The van der Waals surface area contributed by atoms with Crippen LogP contribution in [0, 0.1) is 0 Å². The first-order valence-corrected chi connectivity index (χ1v) is 13.4. The molecule has 7 nitrogen and oxygen atoms in total. The Balaban J connectivity index is 0.00000420. The Hall–Kier alpha value is -3.39. The Bertz CT molecular complexity index is 1180. The van der Waals surface area contributed by atoms with E-state index in [9.17, 15) is 9.59 Å². The van der Waals surface area contributed by atoms with E-state index in [2.05, 4.69) is 36.5 Å². The van der Waals surface area contributed by atoms with E-state index in [0.29, 0.717) is 38.3 Å². The van der Waals surface area contributed by atoms with Crippen LogP contribution in [0.15, 0.2) is 78.9 Å². The first-order chi connectivity index (χ1) is 18.4. The van der Waals surface area contributed by atoms with Gasteiger partial charge < -0.3 is 26.4 Å². The van der Waals surface area contributed by atoms with Gasteiger partial charge in [0, 0.05) is 36.3 Å². The molecule has 1 aliphatic heterocycles. The SMILES string of the molecule is CCC(CC(c1ccccc1)c1ccc(N)cc1)NC(=O)[C@@H](N)Cc1ccc(C(=O)N2CCOCC2)cc1.Cl. The molecule has 0 bridgehead atoms. The number of hydrogen-bond donors (Lipinski definition) is 3. The van der Waals surface area contributed by atoms with E-state index < -0.39 is 6.04 Å². The monoisotopic (exact) mass is 550 g/mol. The van der Waals surface area contributed by atoms with Gasteiger partial charge in [0.15, 0.2) is 0 Å². The number of anilines is 1. The minimum Gasteiger partial charge on any atom is -0.399 e. The number of hydrogen-bond acceptors (Lipinski definition) is 5. The minimum atomic E-state index is -0.684. The third kappa shape index (κ3) is 8.30. The lowest BCUT2D eigenvalue weighted by Gasteiger charge is -2.27. The Morgan fingerprint density at radius 2 is 1.54 bits per heavy atom. The second kappa shape index (κ2) is 14.7. The molecule has 5 N–H and O–H groups in total. The van der Waals surface area contributed by atoms with Crippen LogP contribution in [0.5, 0.6) is 0 Å². The Morgan fingerprint density at radius 3 is 2.15 bits per heavy atom. The van der Waals surface area contributed by atoms with Crippen LogP contribution in [-0.2, 0) is 16.0 Å². The summed E-state index contributed by atoms with van der Waals surface area (Å²) in [6.45, 7) is 4.42. The van der Waals surface area contributed by atoms with Crippen LogP contribution in [0.1, 0.15) is 52.7 Å². The number of amides is 2. The first-order valence-electron chi connectivity index (χ1n) is 13.4. The van der Waals surface area contributed by atoms with Crippen molar-refractivity contribution in [1.82, 2.24) is 10.2 Å². The second-order valence-corrected chi connectivity index (χ2v) is 9.89. The van der Waals surface area contributed by atoms with Gasteiger partial charge in [-0.3, -0.25) is 9.59 Å². The molecule has 8 heteroatoms. The van der Waals surface area contributed by atoms with Gasteiger partial charge >= 0.3 is 0 Å². The molecular weight excluding hydrogens is 512 g/mol. The quantitative estimate of drug-likeness (QED) is 0.328. The Labute approximate surface area is 237 Å². The highest BCUT2D eigenvalue weighted by molar-refractivity contribution is 5.94. The second-order valence-electron chi connectivity index (χ2n) is 9.89. The molecule has 3 aromatic carbocycles. The fraction of sp³-hybridized carbons (Fsp3) is 0.355. The maximum atomic E-state index is 13.1. The number of ether oxygens (including phenoxy) is 1. The summed E-state index contributed by atoms with van der Waals surface area (Å²) in [4.78, 5) is 27.6. The molecular formula is C31H39ClN4O3. The van der Waals surface area contributed by atoms with E-state index >= 15 is 0 Å². The highest BCUT2D eigenvalue weighted by Gasteiger charge is 2.23. The van der Waals surface area contributed by atoms with Gasteiger partial charge in [0.25, 0.3) is 5.91 Å². The van der Waals surface area contributed by atoms with Gasteiger partial charge in [0.2, 0.25) is 5.91 Å². The van der Waals surface area contributed by atoms with E-state index in [1.54, 1.807) is 4.90 Å². The molecule has 208 valence electrons. The van der Waals surface area contributed by atoms with Crippen LogP contribution in [0.4, 0.5) is 5.69 Å². The van der Waals surface area contributed by atoms with Crippen molar-refractivity contribution in [3.63, 3.8) is 0 Å². The summed E-state index contributed by atoms with van der Waals surface area (Å²) >= 11 is 0. The number of carbonyl (C=O) groups is 2. The number of morpholine rings is 1. The van der Waals surface area contributed by atoms with Crippen molar-refractivity contribution in [3.05, 3.63) is 101 Å². The van der Waals surface area contributed by atoms with E-state index in [1.165, 1.54) is 5.56 Å². The normalized spacial score (nSPS) is 15.5. The molecule has 0 aromatic heterocycles. The van der Waals surface area contributed by atoms with Crippen molar-refractivity contribution in [2.45, 2.75) is 44.2 Å². The topological polar surface area (TPSA) is 111 Å². The van der Waals surface area contributed by atoms with Crippen LogP contribution in [0.2, 0.25) is 0 Å². The molecule has 1 heterocycles. The average Bonchev–Trinajstić information content (AvgIpc) is 2.96. The summed E-state index contributed by atoms with van der Waals surface area (Å²) in [5.41, 5.74) is 16.9. The molecule has 0 spiro atoms. The third-order valence-corrected chi connectivity index (χ3v) is 7.19. The van der Waals surface area contributed by atoms with Crippen LogP contribution in [0.3, 0.4) is 0 Å². The number of nitrogens with zero attached hydrogens (tertiary/aromatic N) is 1. The van der Waals surface area contributed by atoms with Gasteiger partial charge in [0.05, 0.1) is 19.3 Å². The Kier molecular flexibility index (Phi) is 11.3. The van der Waals surface area contributed by atoms with Crippen molar-refractivity contribution in [2.24, 2.45) is 5.73 Å². The van der Waals surface area contributed by atoms with Gasteiger partial charge in [-0.1, -0.05) is 61.5 Å². The zero-order chi connectivity index (χ0) is 26.9. The lowest BCUT2D eigenvalue weighted by molar-refractivity contribution is -0.123. The number of halogens is 1. The molecule has 1 saturated heterocycles. The highest BCUT2D eigenvalue weighted by Crippen LogP contribution is 2.30. The van der Waals surface area contributed by atoms with Crippen molar-refractivity contribution in [3.8, 4) is 0 Å². The van der Waals surface area contributed by atoms with Crippen LogP contribution < -0.4 is 16.8 Å². The van der Waals surface area contributed by atoms with Crippen LogP contribution in [-0.4, -0.2) is 55.1 Å². The zero-order valence-corrected chi connectivity index (χ0v) is 23.2. The predicted octanol–water partition coefficient (Wildman–Crippen LogP) is 4.15. The highest BCUT2D eigenvalue weighted by atomic mass is 35.5. The summed E-state index contributed by atoms with van der Waals surface area (Å²) in [6.07, 6.45) is 1.94. The predicted molar refractivity (Wildman–Crippen MR) is 158 cm³/mol. The van der Waals surface area contributed by atoms with E-state index in [4.69, 9.17) is 16.2 Å². The van der Waals surface area contributed by atoms with Crippen LogP contribution in [0.25, 0.3) is 0 Å². The fourth-order valence-corrected chi connectivity index (χ4v) is 4.88. The number of benzene rings is 3. The van der Waals surface area contributed by atoms with Crippen LogP contribution >= 0.6 is 12.4 Å². The average molecular weight is 551 g/mol. The summed E-state index contributed by atoms with van der Waals surface area (Å²) in [5, 5.41) is 3.18. The number of nitrogens with two attached hydrogens (primary N) is 2. The van der Waals surface area contributed by atoms with Crippen molar-refractivity contribution >= 4 is 29.9 Å². The minimum absolute atomic E-state index is 0. The fourth-order valence-electron chi connectivity index (χ4n) is 4.88. The molecule has 0 radical (unpaired) electrons. The molecule has 1 aliphatic rings. The largest absolute Gasteiger partial charge is 0.399 e. The van der Waals surface area contributed by atoms with Gasteiger partial charge in [-0.25, -0.2) is 0 Å². The molecule has 0 saturated carbocycles. The van der Waals surface area contributed by atoms with Gasteiger partial charge in [-0.05, 0) is 60.2 Å². The first kappa shape index (κ1) is 30.2. The maximum absolute atomic E-state index is 13.1. The van der Waals surface area contributed by atoms with Gasteiger partial charge in [-0.2, -0.15) is 0 Å². The number of rotatable bonds is 10. The van der Waals surface area contributed by atoms with E-state index in [0.717, 1.165) is 29.7 Å².